The molecule has 0 spiro atoms. The Morgan fingerprint density at radius 3 is 2.29 bits per heavy atom. The average molecular weight is 501 g/mol. The molecule has 0 bridgehead atoms. The molecule has 0 radical (unpaired) electrons. The van der Waals surface area contributed by atoms with Gasteiger partial charge in [0.2, 0.25) is 11.8 Å². The van der Waals surface area contributed by atoms with Crippen LogP contribution in [-0.2, 0) is 35.4 Å². The normalized spacial score (nSPS) is 17.8. The number of sulfone groups is 1. The van der Waals surface area contributed by atoms with E-state index < -0.39 is 45.6 Å². The second kappa shape index (κ2) is 11.5. The molecule has 2 N–H and O–H groups in total. The number of carbonyl (C=O) groups excluding carboxylic acids is 3. The first-order valence-electron chi connectivity index (χ1n) is 11.6. The van der Waals surface area contributed by atoms with E-state index in [-0.39, 0.29) is 29.4 Å². The summed E-state index contributed by atoms with van der Waals surface area (Å²) in [5, 5.41) is 5.49. The Hall–Kier alpha value is -3.20. The molecule has 1 unspecified atom stereocenters. The SMILES string of the molecule is COC(=O)[C@H](CC(C)C)NC(=O)[C@H](Cc1ccccc1)NC(=O)CC1CS(=O)(=O)c2ccccc21. The molecular formula is C26H32N2O6S. The molecule has 188 valence electrons. The van der Waals surface area contributed by atoms with E-state index >= 15 is 0 Å². The van der Waals surface area contributed by atoms with Gasteiger partial charge in [-0.25, -0.2) is 13.2 Å². The van der Waals surface area contributed by atoms with E-state index in [4.69, 9.17) is 4.74 Å². The molecule has 9 heteroatoms. The third-order valence-corrected chi connectivity index (χ3v) is 7.87. The van der Waals surface area contributed by atoms with Gasteiger partial charge in [0.15, 0.2) is 9.84 Å². The summed E-state index contributed by atoms with van der Waals surface area (Å²) in [6, 6.07) is 14.1. The van der Waals surface area contributed by atoms with Crippen molar-refractivity contribution in [3.63, 3.8) is 0 Å². The molecule has 0 fully saturated rings. The Morgan fingerprint density at radius 2 is 1.63 bits per heavy atom. The van der Waals surface area contributed by atoms with Gasteiger partial charge >= 0.3 is 5.97 Å². The third-order valence-electron chi connectivity index (χ3n) is 5.99. The number of amides is 2. The van der Waals surface area contributed by atoms with Crippen LogP contribution in [0.1, 0.15) is 43.7 Å². The standard InChI is InChI=1S/C26H32N2O6S/c1-17(2)13-22(26(31)34-3)28-25(30)21(14-18-9-5-4-6-10-18)27-24(29)15-19-16-35(32,33)23-12-8-7-11-20(19)23/h4-12,17,19,21-22H,13-16H2,1-3H3,(H,27,29)(H,28,30)/t19?,21-,22-/m0/s1. The topological polar surface area (TPSA) is 119 Å². The number of hydrogen-bond donors (Lipinski definition) is 2. The molecule has 3 atom stereocenters. The zero-order valence-corrected chi connectivity index (χ0v) is 21.0. The Labute approximate surface area is 206 Å². The van der Waals surface area contributed by atoms with Crippen molar-refractivity contribution in [2.45, 2.75) is 56.0 Å². The fourth-order valence-electron chi connectivity index (χ4n) is 4.35. The molecule has 2 amide bonds. The van der Waals surface area contributed by atoms with Gasteiger partial charge < -0.3 is 15.4 Å². The minimum Gasteiger partial charge on any atom is -0.467 e. The molecule has 0 aromatic heterocycles. The first-order valence-corrected chi connectivity index (χ1v) is 13.3. The fraction of sp³-hybridized carbons (Fsp3) is 0.423. The summed E-state index contributed by atoms with van der Waals surface area (Å²) >= 11 is 0. The van der Waals surface area contributed by atoms with Crippen LogP contribution in [0, 0.1) is 5.92 Å². The van der Waals surface area contributed by atoms with Gasteiger partial charge in [0.05, 0.1) is 17.8 Å². The molecule has 1 aliphatic heterocycles. The van der Waals surface area contributed by atoms with Crippen LogP contribution >= 0.6 is 0 Å². The van der Waals surface area contributed by atoms with Gasteiger partial charge in [0.1, 0.15) is 12.1 Å². The minimum atomic E-state index is -3.44. The summed E-state index contributed by atoms with van der Waals surface area (Å²) < 4.78 is 29.8. The van der Waals surface area contributed by atoms with Gasteiger partial charge in [-0.1, -0.05) is 62.4 Å². The molecule has 1 aliphatic rings. The Morgan fingerprint density at radius 1 is 0.971 bits per heavy atom. The smallest absolute Gasteiger partial charge is 0.328 e. The van der Waals surface area contributed by atoms with E-state index in [1.54, 1.807) is 24.3 Å². The predicted octanol–water partition coefficient (Wildman–Crippen LogP) is 2.38. The van der Waals surface area contributed by atoms with Crippen molar-refractivity contribution in [2.24, 2.45) is 5.92 Å². The largest absolute Gasteiger partial charge is 0.467 e. The van der Waals surface area contributed by atoms with Crippen LogP contribution in [0.25, 0.3) is 0 Å². The molecule has 8 nitrogen and oxygen atoms in total. The van der Waals surface area contributed by atoms with Gasteiger partial charge in [0, 0.05) is 18.8 Å². The van der Waals surface area contributed by atoms with Crippen LogP contribution in [0.2, 0.25) is 0 Å². The van der Waals surface area contributed by atoms with Crippen LogP contribution < -0.4 is 10.6 Å². The van der Waals surface area contributed by atoms with E-state index in [9.17, 15) is 22.8 Å². The highest BCUT2D eigenvalue weighted by atomic mass is 32.2. The molecule has 1 heterocycles. The number of nitrogens with one attached hydrogen (secondary N) is 2. The Kier molecular flexibility index (Phi) is 8.67. The maximum absolute atomic E-state index is 13.2. The lowest BCUT2D eigenvalue weighted by molar-refractivity contribution is -0.145. The van der Waals surface area contributed by atoms with Gasteiger partial charge in [-0.3, -0.25) is 9.59 Å². The maximum atomic E-state index is 13.2. The predicted molar refractivity (Wildman–Crippen MR) is 131 cm³/mol. The van der Waals surface area contributed by atoms with E-state index in [2.05, 4.69) is 10.6 Å². The van der Waals surface area contributed by atoms with Crippen LogP contribution in [0.5, 0.6) is 0 Å². The quantitative estimate of drug-likeness (QED) is 0.484. The zero-order valence-electron chi connectivity index (χ0n) is 20.2. The lowest BCUT2D eigenvalue weighted by Gasteiger charge is -2.24. The molecule has 2 aromatic rings. The van der Waals surface area contributed by atoms with E-state index in [1.165, 1.54) is 7.11 Å². The number of fused-ring (bicyclic) bond motifs is 1. The maximum Gasteiger partial charge on any atom is 0.328 e. The van der Waals surface area contributed by atoms with Crippen molar-refractivity contribution in [2.75, 3.05) is 12.9 Å². The number of carbonyl (C=O) groups is 3. The zero-order chi connectivity index (χ0) is 25.6. The summed E-state index contributed by atoms with van der Waals surface area (Å²) in [6.07, 6.45) is 0.538. The Balaban J connectivity index is 1.76. The number of rotatable bonds is 10. The number of hydrogen-bond acceptors (Lipinski definition) is 6. The molecule has 0 saturated heterocycles. The number of esters is 1. The molecule has 3 rings (SSSR count). The molecule has 35 heavy (non-hydrogen) atoms. The summed E-state index contributed by atoms with van der Waals surface area (Å²) in [5.41, 5.74) is 1.45. The number of ether oxygens (including phenoxy) is 1. The van der Waals surface area contributed by atoms with E-state index in [1.807, 2.05) is 44.2 Å². The molecule has 0 aliphatic carbocycles. The van der Waals surface area contributed by atoms with Gasteiger partial charge in [-0.2, -0.15) is 0 Å². The Bertz CT molecular complexity index is 1160. The summed E-state index contributed by atoms with van der Waals surface area (Å²) in [6.45, 7) is 3.86. The van der Waals surface area contributed by atoms with Crippen LogP contribution in [0.4, 0.5) is 0 Å². The first-order chi connectivity index (χ1) is 16.6. The highest BCUT2D eigenvalue weighted by Crippen LogP contribution is 2.36. The van der Waals surface area contributed by atoms with Crippen LogP contribution in [-0.4, -0.2) is 51.1 Å². The van der Waals surface area contributed by atoms with Crippen molar-refractivity contribution >= 4 is 27.6 Å². The molecule has 2 aromatic carbocycles. The van der Waals surface area contributed by atoms with Crippen molar-refractivity contribution in [1.82, 2.24) is 10.6 Å². The van der Waals surface area contributed by atoms with Gasteiger partial charge in [-0.05, 0) is 29.5 Å². The number of methoxy groups -OCH3 is 1. The lowest BCUT2D eigenvalue weighted by Crippen LogP contribution is -2.53. The van der Waals surface area contributed by atoms with Crippen molar-refractivity contribution in [3.05, 3.63) is 65.7 Å². The lowest BCUT2D eigenvalue weighted by atomic mass is 9.97. The fourth-order valence-corrected chi connectivity index (χ4v) is 6.24. The van der Waals surface area contributed by atoms with Crippen molar-refractivity contribution in [3.8, 4) is 0 Å². The first kappa shape index (κ1) is 26.4. The monoisotopic (exact) mass is 500 g/mol. The van der Waals surface area contributed by atoms with E-state index in [0.717, 1.165) is 5.56 Å². The minimum absolute atomic E-state index is 0.0682. The van der Waals surface area contributed by atoms with Gasteiger partial charge in [-0.15, -0.1) is 0 Å². The van der Waals surface area contributed by atoms with E-state index in [0.29, 0.717) is 12.0 Å². The van der Waals surface area contributed by atoms with Gasteiger partial charge in [0.25, 0.3) is 0 Å². The second-order valence-corrected chi connectivity index (χ2v) is 11.2. The summed E-state index contributed by atoms with van der Waals surface area (Å²) in [5.74, 6) is -1.99. The highest BCUT2D eigenvalue weighted by Gasteiger charge is 2.36. The highest BCUT2D eigenvalue weighted by molar-refractivity contribution is 7.91. The molecular weight excluding hydrogens is 468 g/mol. The second-order valence-electron chi connectivity index (χ2n) is 9.24. The number of benzene rings is 2. The molecule has 0 saturated carbocycles. The van der Waals surface area contributed by atoms with Crippen LogP contribution in [0.15, 0.2) is 59.5 Å². The van der Waals surface area contributed by atoms with Crippen molar-refractivity contribution < 1.29 is 27.5 Å². The average Bonchev–Trinajstić information content (AvgIpc) is 3.07. The third kappa shape index (κ3) is 6.91. The summed E-state index contributed by atoms with van der Waals surface area (Å²) in [4.78, 5) is 38.7. The van der Waals surface area contributed by atoms with Crippen LogP contribution in [0.3, 0.4) is 0 Å². The summed E-state index contributed by atoms with van der Waals surface area (Å²) in [7, 11) is -2.18. The van der Waals surface area contributed by atoms with Crippen molar-refractivity contribution in [1.29, 1.82) is 0 Å².